The second-order valence-corrected chi connectivity index (χ2v) is 5.43. The standard InChI is InChI=1S/C10H19N3O2S/c1-5-12-8-10(9(4)11-12)16(14,15)13(6-2)7-3/h8H,5-7H2,1-4H3. The van der Waals surface area contributed by atoms with Crippen molar-refractivity contribution in [2.24, 2.45) is 0 Å². The van der Waals surface area contributed by atoms with Crippen molar-refractivity contribution in [1.29, 1.82) is 0 Å². The van der Waals surface area contributed by atoms with Crippen LogP contribution in [0.25, 0.3) is 0 Å². The van der Waals surface area contributed by atoms with Gasteiger partial charge in [0.1, 0.15) is 4.90 Å². The summed E-state index contributed by atoms with van der Waals surface area (Å²) in [6, 6.07) is 0. The van der Waals surface area contributed by atoms with E-state index >= 15 is 0 Å². The van der Waals surface area contributed by atoms with Crippen LogP contribution in [0.5, 0.6) is 0 Å². The number of nitrogens with zero attached hydrogens (tertiary/aromatic N) is 3. The molecule has 0 spiro atoms. The Kier molecular flexibility index (Phi) is 4.09. The van der Waals surface area contributed by atoms with Crippen molar-refractivity contribution >= 4 is 10.0 Å². The summed E-state index contributed by atoms with van der Waals surface area (Å²) in [6.45, 7) is 8.96. The van der Waals surface area contributed by atoms with Gasteiger partial charge in [-0.3, -0.25) is 4.68 Å². The molecule has 0 unspecified atom stereocenters. The average Bonchev–Trinajstić information content (AvgIpc) is 2.61. The lowest BCUT2D eigenvalue weighted by atomic mass is 10.5. The van der Waals surface area contributed by atoms with Crippen molar-refractivity contribution in [3.8, 4) is 0 Å². The van der Waals surface area contributed by atoms with Gasteiger partial charge in [-0.15, -0.1) is 0 Å². The highest BCUT2D eigenvalue weighted by atomic mass is 32.2. The van der Waals surface area contributed by atoms with Gasteiger partial charge >= 0.3 is 0 Å². The molecule has 0 aliphatic rings. The van der Waals surface area contributed by atoms with Crippen molar-refractivity contribution in [3.63, 3.8) is 0 Å². The molecule has 0 saturated heterocycles. The molecule has 16 heavy (non-hydrogen) atoms. The van der Waals surface area contributed by atoms with Crippen LogP contribution in [0.4, 0.5) is 0 Å². The third-order valence-corrected chi connectivity index (χ3v) is 4.70. The molecule has 0 N–H and O–H groups in total. The van der Waals surface area contributed by atoms with E-state index in [1.54, 1.807) is 17.8 Å². The lowest BCUT2D eigenvalue weighted by molar-refractivity contribution is 0.445. The third kappa shape index (κ3) is 2.27. The predicted octanol–water partition coefficient (Wildman–Crippen LogP) is 1.24. The first-order chi connectivity index (χ1) is 7.47. The summed E-state index contributed by atoms with van der Waals surface area (Å²) < 4.78 is 27.5. The quantitative estimate of drug-likeness (QED) is 0.784. The number of sulfonamides is 1. The van der Waals surface area contributed by atoms with Crippen LogP contribution in [0.1, 0.15) is 26.5 Å². The van der Waals surface area contributed by atoms with E-state index in [1.807, 2.05) is 20.8 Å². The Hall–Kier alpha value is -0.880. The number of aromatic nitrogens is 2. The van der Waals surface area contributed by atoms with Crippen molar-refractivity contribution in [2.45, 2.75) is 39.1 Å². The van der Waals surface area contributed by atoms with Gasteiger partial charge in [-0.2, -0.15) is 9.40 Å². The Morgan fingerprint density at radius 2 is 1.88 bits per heavy atom. The van der Waals surface area contributed by atoms with Gasteiger partial charge in [-0.1, -0.05) is 13.8 Å². The molecule has 1 aromatic heterocycles. The molecule has 0 amide bonds. The monoisotopic (exact) mass is 245 g/mol. The summed E-state index contributed by atoms with van der Waals surface area (Å²) in [4.78, 5) is 0.318. The van der Waals surface area contributed by atoms with Crippen LogP contribution in [-0.4, -0.2) is 35.6 Å². The zero-order chi connectivity index (χ0) is 12.3. The topological polar surface area (TPSA) is 55.2 Å². The molecule has 0 aliphatic heterocycles. The zero-order valence-corrected chi connectivity index (χ0v) is 11.1. The van der Waals surface area contributed by atoms with Crippen LogP contribution in [-0.2, 0) is 16.6 Å². The van der Waals surface area contributed by atoms with Gasteiger partial charge in [0.05, 0.1) is 5.69 Å². The van der Waals surface area contributed by atoms with Gasteiger partial charge < -0.3 is 0 Å². The molecule has 0 bridgehead atoms. The van der Waals surface area contributed by atoms with Crippen LogP contribution < -0.4 is 0 Å². The SMILES string of the molecule is CCN(CC)S(=O)(=O)c1cn(CC)nc1C. The minimum atomic E-state index is -3.37. The molecule has 0 radical (unpaired) electrons. The number of hydrogen-bond donors (Lipinski definition) is 0. The fourth-order valence-corrected chi connectivity index (χ4v) is 3.24. The van der Waals surface area contributed by atoms with Crippen LogP contribution in [0, 0.1) is 6.92 Å². The maximum Gasteiger partial charge on any atom is 0.246 e. The van der Waals surface area contributed by atoms with Gasteiger partial charge in [0.15, 0.2) is 0 Å². The first kappa shape index (κ1) is 13.2. The smallest absolute Gasteiger partial charge is 0.246 e. The molecule has 1 heterocycles. The van der Waals surface area contributed by atoms with Crippen molar-refractivity contribution in [2.75, 3.05) is 13.1 Å². The third-order valence-electron chi connectivity index (χ3n) is 2.55. The molecule has 0 aliphatic carbocycles. The van der Waals surface area contributed by atoms with Crippen LogP contribution in [0.3, 0.4) is 0 Å². The van der Waals surface area contributed by atoms with E-state index in [4.69, 9.17) is 0 Å². The second-order valence-electron chi connectivity index (χ2n) is 3.52. The lowest BCUT2D eigenvalue weighted by Crippen LogP contribution is -2.30. The highest BCUT2D eigenvalue weighted by molar-refractivity contribution is 7.89. The van der Waals surface area contributed by atoms with Gasteiger partial charge in [0, 0.05) is 25.8 Å². The highest BCUT2D eigenvalue weighted by Gasteiger charge is 2.25. The lowest BCUT2D eigenvalue weighted by Gasteiger charge is -2.17. The Morgan fingerprint density at radius 1 is 1.31 bits per heavy atom. The van der Waals surface area contributed by atoms with Crippen LogP contribution in [0.2, 0.25) is 0 Å². The maximum atomic E-state index is 12.2. The Labute approximate surface area is 97.1 Å². The second kappa shape index (κ2) is 4.97. The molecule has 92 valence electrons. The van der Waals surface area contributed by atoms with E-state index in [0.29, 0.717) is 30.2 Å². The molecular formula is C10H19N3O2S. The molecule has 1 aromatic rings. The maximum absolute atomic E-state index is 12.2. The Bertz CT molecular complexity index is 447. The van der Waals surface area contributed by atoms with E-state index in [0.717, 1.165) is 0 Å². The minimum Gasteiger partial charge on any atom is -0.271 e. The summed E-state index contributed by atoms with van der Waals surface area (Å²) in [6.07, 6.45) is 1.60. The van der Waals surface area contributed by atoms with E-state index in [2.05, 4.69) is 5.10 Å². The normalized spacial score (nSPS) is 12.3. The first-order valence-corrected chi connectivity index (χ1v) is 6.95. The molecule has 0 aromatic carbocycles. The predicted molar refractivity (Wildman–Crippen MR) is 62.7 cm³/mol. The molecule has 0 fully saturated rings. The largest absolute Gasteiger partial charge is 0.271 e. The molecule has 6 heteroatoms. The van der Waals surface area contributed by atoms with Crippen molar-refractivity contribution in [3.05, 3.63) is 11.9 Å². The summed E-state index contributed by atoms with van der Waals surface area (Å²) in [7, 11) is -3.37. The molecular weight excluding hydrogens is 226 g/mol. The molecule has 5 nitrogen and oxygen atoms in total. The van der Waals surface area contributed by atoms with Gasteiger partial charge in [0.25, 0.3) is 0 Å². The summed E-state index contributed by atoms with van der Waals surface area (Å²) in [5.41, 5.74) is 0.564. The van der Waals surface area contributed by atoms with E-state index in [1.165, 1.54) is 4.31 Å². The minimum absolute atomic E-state index is 0.318. The van der Waals surface area contributed by atoms with E-state index < -0.39 is 10.0 Å². The zero-order valence-electron chi connectivity index (χ0n) is 10.3. The van der Waals surface area contributed by atoms with E-state index in [9.17, 15) is 8.42 Å². The molecule has 1 rings (SSSR count). The first-order valence-electron chi connectivity index (χ1n) is 5.51. The van der Waals surface area contributed by atoms with Gasteiger partial charge in [-0.25, -0.2) is 8.42 Å². The van der Waals surface area contributed by atoms with Crippen molar-refractivity contribution in [1.82, 2.24) is 14.1 Å². The summed E-state index contributed by atoms with van der Waals surface area (Å²) >= 11 is 0. The van der Waals surface area contributed by atoms with E-state index in [-0.39, 0.29) is 0 Å². The van der Waals surface area contributed by atoms with Gasteiger partial charge in [0.2, 0.25) is 10.0 Å². The Balaban J connectivity index is 3.21. The number of rotatable bonds is 5. The molecule has 0 saturated carbocycles. The number of aryl methyl sites for hydroxylation is 2. The van der Waals surface area contributed by atoms with Crippen LogP contribution in [0.15, 0.2) is 11.1 Å². The fourth-order valence-electron chi connectivity index (χ4n) is 1.62. The average molecular weight is 245 g/mol. The van der Waals surface area contributed by atoms with Crippen molar-refractivity contribution < 1.29 is 8.42 Å². The highest BCUT2D eigenvalue weighted by Crippen LogP contribution is 2.18. The number of hydrogen-bond acceptors (Lipinski definition) is 3. The summed E-state index contributed by atoms with van der Waals surface area (Å²) in [5, 5.41) is 4.16. The Morgan fingerprint density at radius 3 is 2.25 bits per heavy atom. The summed E-state index contributed by atoms with van der Waals surface area (Å²) in [5.74, 6) is 0. The van der Waals surface area contributed by atoms with Gasteiger partial charge in [-0.05, 0) is 13.8 Å². The van der Waals surface area contributed by atoms with Crippen LogP contribution >= 0.6 is 0 Å². The fraction of sp³-hybridized carbons (Fsp3) is 0.700. The molecule has 0 atom stereocenters.